The number of carbonyl (C=O) groups is 2. The number of benzene rings is 2. The lowest BCUT2D eigenvalue weighted by atomic mass is 9.74. The Balaban J connectivity index is 1.31. The lowest BCUT2D eigenvalue weighted by Gasteiger charge is -2.40. The number of para-hydroxylation sites is 1. The first-order valence-electron chi connectivity index (χ1n) is 14.9. The zero-order valence-corrected chi connectivity index (χ0v) is 25.8. The molecule has 0 aromatic heterocycles. The van der Waals surface area contributed by atoms with Crippen LogP contribution in [0, 0.1) is 0 Å². The monoisotopic (exact) mass is 613 g/mol. The van der Waals surface area contributed by atoms with E-state index in [0.717, 1.165) is 23.2 Å². The van der Waals surface area contributed by atoms with E-state index in [-0.39, 0.29) is 23.8 Å². The summed E-state index contributed by atoms with van der Waals surface area (Å²) < 4.78 is 32.7. The molecule has 1 aliphatic carbocycles. The topological polar surface area (TPSA) is 96.0 Å². The molecule has 0 radical (unpaired) electrons. The number of anilines is 1. The van der Waals surface area contributed by atoms with Crippen molar-refractivity contribution in [3.8, 4) is 0 Å². The van der Waals surface area contributed by atoms with Crippen LogP contribution in [0.4, 0.5) is 5.69 Å². The molecule has 1 unspecified atom stereocenters. The summed E-state index contributed by atoms with van der Waals surface area (Å²) in [5, 5.41) is 2.94. The minimum atomic E-state index is -3.44. The molecule has 1 saturated heterocycles. The Kier molecular flexibility index (Phi) is 9.97. The summed E-state index contributed by atoms with van der Waals surface area (Å²) in [7, 11) is -3.44. The number of rotatable bonds is 8. The highest BCUT2D eigenvalue weighted by Crippen LogP contribution is 2.47. The second-order valence-electron chi connectivity index (χ2n) is 11.4. The van der Waals surface area contributed by atoms with Crippen LogP contribution in [0.15, 0.2) is 115 Å². The molecular formula is C35H39N3O5S. The molecule has 44 heavy (non-hydrogen) atoms. The number of ether oxygens (including phenoxy) is 1. The maximum Gasteiger partial charge on any atom is 0.251 e. The van der Waals surface area contributed by atoms with Crippen LogP contribution in [0.2, 0.25) is 0 Å². The van der Waals surface area contributed by atoms with Crippen LogP contribution in [-0.2, 0) is 36.4 Å². The Labute approximate surface area is 260 Å². The van der Waals surface area contributed by atoms with E-state index in [1.807, 2.05) is 91.1 Å². The second-order valence-corrected chi connectivity index (χ2v) is 13.3. The lowest BCUT2D eigenvalue weighted by Crippen LogP contribution is -2.55. The fourth-order valence-corrected chi connectivity index (χ4v) is 6.95. The average Bonchev–Trinajstić information content (AvgIpc) is 3.31. The fourth-order valence-electron chi connectivity index (χ4n) is 5.95. The zero-order valence-electron chi connectivity index (χ0n) is 25.0. The van der Waals surface area contributed by atoms with Gasteiger partial charge in [-0.1, -0.05) is 91.1 Å². The number of nitrogens with zero attached hydrogens (tertiary/aromatic N) is 2. The fraction of sp³-hybridized carbons (Fsp3) is 0.314. The predicted octanol–water partition coefficient (Wildman–Crippen LogP) is 4.58. The Morgan fingerprint density at radius 2 is 1.64 bits per heavy atom. The normalized spacial score (nSPS) is 22.5. The first-order valence-corrected chi connectivity index (χ1v) is 16.8. The molecule has 0 bridgehead atoms. The number of carbonyl (C=O) groups excluding carboxylic acids is 2. The van der Waals surface area contributed by atoms with Gasteiger partial charge in [0.05, 0.1) is 25.2 Å². The molecule has 2 heterocycles. The largest absolute Gasteiger partial charge is 0.374 e. The molecule has 2 aromatic rings. The van der Waals surface area contributed by atoms with E-state index in [1.165, 1.54) is 10.6 Å². The lowest BCUT2D eigenvalue weighted by molar-refractivity contribution is -0.139. The Bertz CT molecular complexity index is 1600. The van der Waals surface area contributed by atoms with Gasteiger partial charge in [0.1, 0.15) is 6.04 Å². The minimum Gasteiger partial charge on any atom is -0.374 e. The Morgan fingerprint density at radius 1 is 0.932 bits per heavy atom. The van der Waals surface area contributed by atoms with E-state index in [0.29, 0.717) is 44.7 Å². The standard InChI is InChI=1S/C35H39N3O5S/c1-44(41,42)38-27-35(30-19-13-14-20-32(30)38)21-23-37(24-22-35)34(40)31(26-43-25-28-15-9-8-10-16-28)36-33(39)29-17-11-6-4-2-3-5-7-12-18-29/h2-4,6-20,31H,5,21-27H2,1H3,(H,36,39)/b3-2-,6-4-,12-7-,17-11-,29-18+. The summed E-state index contributed by atoms with van der Waals surface area (Å²) >= 11 is 0. The zero-order chi connectivity index (χ0) is 31.0. The van der Waals surface area contributed by atoms with Gasteiger partial charge < -0.3 is 15.0 Å². The molecule has 1 spiro atoms. The van der Waals surface area contributed by atoms with Crippen molar-refractivity contribution in [3.63, 3.8) is 0 Å². The number of sulfonamides is 1. The highest BCUT2D eigenvalue weighted by atomic mass is 32.2. The van der Waals surface area contributed by atoms with Gasteiger partial charge in [-0.2, -0.15) is 0 Å². The van der Waals surface area contributed by atoms with E-state index < -0.39 is 16.1 Å². The maximum atomic E-state index is 14.0. The highest BCUT2D eigenvalue weighted by molar-refractivity contribution is 7.92. The van der Waals surface area contributed by atoms with Crippen LogP contribution in [0.1, 0.15) is 30.4 Å². The van der Waals surface area contributed by atoms with Crippen molar-refractivity contribution >= 4 is 27.5 Å². The number of amides is 2. The number of likely N-dealkylation sites (tertiary alicyclic amines) is 1. The van der Waals surface area contributed by atoms with Crippen molar-refractivity contribution in [2.45, 2.75) is 37.3 Å². The molecule has 1 fully saturated rings. The van der Waals surface area contributed by atoms with Crippen molar-refractivity contribution in [2.75, 3.05) is 36.8 Å². The molecule has 230 valence electrons. The van der Waals surface area contributed by atoms with Gasteiger partial charge in [0.2, 0.25) is 15.9 Å². The minimum absolute atomic E-state index is 0.0163. The van der Waals surface area contributed by atoms with Crippen LogP contribution in [-0.4, -0.2) is 63.7 Å². The van der Waals surface area contributed by atoms with Gasteiger partial charge in [-0.3, -0.25) is 13.9 Å². The van der Waals surface area contributed by atoms with Crippen molar-refractivity contribution < 1.29 is 22.7 Å². The van der Waals surface area contributed by atoms with Crippen molar-refractivity contribution in [3.05, 3.63) is 126 Å². The van der Waals surface area contributed by atoms with Gasteiger partial charge in [0, 0.05) is 30.6 Å². The van der Waals surface area contributed by atoms with Gasteiger partial charge in [0.25, 0.3) is 5.91 Å². The number of hydrogen-bond acceptors (Lipinski definition) is 5. The third kappa shape index (κ3) is 7.46. The van der Waals surface area contributed by atoms with Crippen LogP contribution < -0.4 is 9.62 Å². The second kappa shape index (κ2) is 14.1. The first kappa shape index (κ1) is 31.2. The smallest absolute Gasteiger partial charge is 0.251 e. The van der Waals surface area contributed by atoms with E-state index in [9.17, 15) is 18.0 Å². The highest BCUT2D eigenvalue weighted by Gasteiger charge is 2.47. The molecule has 2 aliphatic heterocycles. The van der Waals surface area contributed by atoms with Gasteiger partial charge in [-0.05, 0) is 48.6 Å². The third-order valence-corrected chi connectivity index (χ3v) is 9.44. The quantitative estimate of drug-likeness (QED) is 0.470. The molecule has 9 heteroatoms. The molecule has 0 saturated carbocycles. The van der Waals surface area contributed by atoms with E-state index in [4.69, 9.17) is 4.74 Å². The number of fused-ring (bicyclic) bond motifs is 2. The molecule has 3 aliphatic rings. The predicted molar refractivity (Wildman–Crippen MR) is 173 cm³/mol. The summed E-state index contributed by atoms with van der Waals surface area (Å²) in [5.41, 5.74) is 2.76. The molecule has 2 amide bonds. The summed E-state index contributed by atoms with van der Waals surface area (Å²) in [4.78, 5) is 29.2. The van der Waals surface area contributed by atoms with Crippen LogP contribution >= 0.6 is 0 Å². The summed E-state index contributed by atoms with van der Waals surface area (Å²) in [5.74, 6) is -0.580. The van der Waals surface area contributed by atoms with E-state index in [1.54, 1.807) is 23.1 Å². The van der Waals surface area contributed by atoms with Crippen molar-refractivity contribution in [2.24, 2.45) is 0 Å². The van der Waals surface area contributed by atoms with Crippen molar-refractivity contribution in [1.29, 1.82) is 0 Å². The molecular weight excluding hydrogens is 574 g/mol. The average molecular weight is 614 g/mol. The Morgan fingerprint density at radius 3 is 2.41 bits per heavy atom. The number of allylic oxidation sites excluding steroid dienone is 8. The van der Waals surface area contributed by atoms with Crippen LogP contribution in [0.5, 0.6) is 0 Å². The SMILES string of the molecule is CS(=O)(=O)N1CC2(CCN(C(=O)C(COCc3ccccc3)NC(=O)C3=C/C=C\C/C=C\C=C/C=C\3)CC2)c2ccccc21. The van der Waals surface area contributed by atoms with Crippen molar-refractivity contribution in [1.82, 2.24) is 10.2 Å². The molecule has 8 nitrogen and oxygen atoms in total. The van der Waals surface area contributed by atoms with Crippen LogP contribution in [0.25, 0.3) is 0 Å². The van der Waals surface area contributed by atoms with Crippen LogP contribution in [0.3, 0.4) is 0 Å². The summed E-state index contributed by atoms with van der Waals surface area (Å²) in [6, 6.07) is 16.4. The van der Waals surface area contributed by atoms with Gasteiger partial charge in [-0.25, -0.2) is 8.42 Å². The molecule has 1 atom stereocenters. The molecule has 2 aromatic carbocycles. The Hall–Kier alpha value is -4.21. The number of piperidine rings is 1. The number of nitrogens with one attached hydrogen (secondary N) is 1. The van der Waals surface area contributed by atoms with Gasteiger partial charge >= 0.3 is 0 Å². The maximum absolute atomic E-state index is 14.0. The summed E-state index contributed by atoms with van der Waals surface area (Å²) in [6.45, 7) is 1.58. The van der Waals surface area contributed by atoms with E-state index in [2.05, 4.69) is 5.32 Å². The van der Waals surface area contributed by atoms with Gasteiger partial charge in [0.15, 0.2) is 0 Å². The number of hydrogen-bond donors (Lipinski definition) is 1. The first-order chi connectivity index (χ1) is 21.3. The van der Waals surface area contributed by atoms with E-state index >= 15 is 0 Å². The molecule has 1 N–H and O–H groups in total. The molecule has 5 rings (SSSR count). The third-order valence-electron chi connectivity index (χ3n) is 8.31. The summed E-state index contributed by atoms with van der Waals surface area (Å²) in [6.07, 6.45) is 20.0. The van der Waals surface area contributed by atoms with Gasteiger partial charge in [-0.15, -0.1) is 0 Å².